The number of nitrogens with zero attached hydrogens (tertiary/aromatic N) is 7. The SMILES string of the molecule is CCOc1nc2cccc(C(=O)O)c2n1Cc1ccc(-c2ccccc2-c2nnn(C(=O)OCCCCCO[N+](=O)[O-])n2)cc1. The molecule has 0 saturated carbocycles. The second kappa shape index (κ2) is 14.1. The zero-order valence-corrected chi connectivity index (χ0v) is 24.2. The predicted molar refractivity (Wildman–Crippen MR) is 159 cm³/mol. The van der Waals surface area contributed by atoms with Gasteiger partial charge in [0.05, 0.1) is 43.0 Å². The lowest BCUT2D eigenvalue weighted by molar-refractivity contribution is -0.757. The molecule has 0 saturated heterocycles. The number of carbonyl (C=O) groups excluding carboxylic acids is 1. The normalized spacial score (nSPS) is 11.0. The van der Waals surface area contributed by atoms with E-state index in [1.54, 1.807) is 22.8 Å². The van der Waals surface area contributed by atoms with Crippen LogP contribution in [0.4, 0.5) is 4.79 Å². The summed E-state index contributed by atoms with van der Waals surface area (Å²) >= 11 is 0. The molecule has 15 nitrogen and oxygen atoms in total. The number of benzene rings is 3. The number of carboxylic acids is 1. The van der Waals surface area contributed by atoms with E-state index in [4.69, 9.17) is 9.47 Å². The molecule has 5 aromatic rings. The average molecular weight is 616 g/mol. The van der Waals surface area contributed by atoms with Gasteiger partial charge in [-0.3, -0.25) is 4.57 Å². The molecule has 2 heterocycles. The number of hydrogen-bond acceptors (Lipinski definition) is 11. The summed E-state index contributed by atoms with van der Waals surface area (Å²) in [4.78, 5) is 44.0. The van der Waals surface area contributed by atoms with Gasteiger partial charge in [0, 0.05) is 5.56 Å². The molecule has 0 spiro atoms. The first kappa shape index (κ1) is 30.6. The molecule has 15 heteroatoms. The fourth-order valence-corrected chi connectivity index (χ4v) is 4.76. The quantitative estimate of drug-likeness (QED) is 0.102. The predicted octanol–water partition coefficient (Wildman–Crippen LogP) is 4.87. The Labute approximate surface area is 256 Å². The molecule has 2 aromatic heterocycles. The first-order valence-corrected chi connectivity index (χ1v) is 14.1. The van der Waals surface area contributed by atoms with Crippen molar-refractivity contribution < 1.29 is 34.1 Å². The summed E-state index contributed by atoms with van der Waals surface area (Å²) in [5, 5.41) is 31.2. The van der Waals surface area contributed by atoms with E-state index in [1.165, 1.54) is 0 Å². The number of imidazole rings is 1. The van der Waals surface area contributed by atoms with Crippen LogP contribution in [0.2, 0.25) is 0 Å². The largest absolute Gasteiger partial charge is 0.478 e. The molecule has 0 amide bonds. The van der Waals surface area contributed by atoms with Gasteiger partial charge in [-0.25, -0.2) is 9.59 Å². The van der Waals surface area contributed by atoms with Crippen LogP contribution < -0.4 is 4.74 Å². The lowest BCUT2D eigenvalue weighted by atomic mass is 9.98. The molecular formula is C30H29N7O8. The van der Waals surface area contributed by atoms with Crippen LogP contribution in [-0.4, -0.2) is 71.8 Å². The number of fused-ring (bicyclic) bond motifs is 1. The van der Waals surface area contributed by atoms with Crippen molar-refractivity contribution in [2.24, 2.45) is 0 Å². The van der Waals surface area contributed by atoms with Gasteiger partial charge in [-0.05, 0) is 60.2 Å². The number of para-hydroxylation sites is 1. The molecule has 45 heavy (non-hydrogen) atoms. The van der Waals surface area contributed by atoms with E-state index >= 15 is 0 Å². The Kier molecular flexibility index (Phi) is 9.57. The summed E-state index contributed by atoms with van der Waals surface area (Å²) in [6.45, 7) is 2.63. The van der Waals surface area contributed by atoms with Crippen LogP contribution in [0.15, 0.2) is 66.7 Å². The highest BCUT2D eigenvalue weighted by molar-refractivity contribution is 6.01. The molecule has 0 radical (unpaired) electrons. The summed E-state index contributed by atoms with van der Waals surface area (Å²) in [5.41, 5.74) is 4.38. The Hall–Kier alpha value is -5.86. The third kappa shape index (κ3) is 7.21. The van der Waals surface area contributed by atoms with Crippen molar-refractivity contribution >= 4 is 23.1 Å². The summed E-state index contributed by atoms with van der Waals surface area (Å²) in [6.07, 6.45) is 0.751. The number of carboxylic acid groups (broad SMARTS) is 1. The Morgan fingerprint density at radius 2 is 1.71 bits per heavy atom. The van der Waals surface area contributed by atoms with Crippen LogP contribution in [0.25, 0.3) is 33.5 Å². The van der Waals surface area contributed by atoms with Gasteiger partial charge < -0.3 is 19.4 Å². The van der Waals surface area contributed by atoms with Crippen LogP contribution in [0.3, 0.4) is 0 Å². The minimum absolute atomic E-state index is 0.0125. The van der Waals surface area contributed by atoms with E-state index in [9.17, 15) is 24.8 Å². The van der Waals surface area contributed by atoms with Crippen molar-refractivity contribution in [2.75, 3.05) is 19.8 Å². The van der Waals surface area contributed by atoms with E-state index in [0.717, 1.165) is 21.5 Å². The lowest BCUT2D eigenvalue weighted by Gasteiger charge is -2.12. The van der Waals surface area contributed by atoms with Gasteiger partial charge in [-0.15, -0.1) is 20.3 Å². The second-order valence-electron chi connectivity index (χ2n) is 9.77. The summed E-state index contributed by atoms with van der Waals surface area (Å²) in [7, 11) is 0. The third-order valence-electron chi connectivity index (χ3n) is 6.80. The maximum atomic E-state index is 12.4. The molecule has 0 aliphatic rings. The zero-order chi connectivity index (χ0) is 31.8. The molecule has 0 bridgehead atoms. The highest BCUT2D eigenvalue weighted by Gasteiger charge is 2.20. The Morgan fingerprint density at radius 1 is 0.956 bits per heavy atom. The molecule has 0 unspecified atom stereocenters. The standard InChI is InChI=1S/C30H29N7O8/c1-2-43-29-31-25-12-8-11-24(28(38)39)26(25)35(29)19-20-13-15-21(16-14-20)22-9-4-5-10-23(22)27-32-34-36(33-27)30(40)44-17-6-3-7-18-45-37(41)42/h4-5,8-16H,2-3,6-7,17-19H2,1H3,(H,38,39). The molecule has 5 rings (SSSR count). The highest BCUT2D eigenvalue weighted by atomic mass is 16.9. The number of carbonyl (C=O) groups is 2. The van der Waals surface area contributed by atoms with Crippen molar-refractivity contribution in [3.63, 3.8) is 0 Å². The fraction of sp³-hybridized carbons (Fsp3) is 0.267. The molecule has 0 fully saturated rings. The maximum absolute atomic E-state index is 12.4. The van der Waals surface area contributed by atoms with Crippen molar-refractivity contribution in [3.8, 4) is 28.5 Å². The Morgan fingerprint density at radius 3 is 2.44 bits per heavy atom. The van der Waals surface area contributed by atoms with E-state index in [2.05, 4.69) is 25.2 Å². The van der Waals surface area contributed by atoms with Gasteiger partial charge in [0.2, 0.25) is 5.82 Å². The number of tetrazole rings is 1. The van der Waals surface area contributed by atoms with Gasteiger partial charge in [0.15, 0.2) is 0 Å². The molecule has 1 N–H and O–H groups in total. The lowest BCUT2D eigenvalue weighted by Crippen LogP contribution is -2.17. The minimum atomic E-state index is -1.05. The summed E-state index contributed by atoms with van der Waals surface area (Å²) in [6, 6.07) is 20.5. The second-order valence-corrected chi connectivity index (χ2v) is 9.77. The van der Waals surface area contributed by atoms with Crippen molar-refractivity contribution in [1.82, 2.24) is 29.8 Å². The van der Waals surface area contributed by atoms with Crippen LogP contribution in [-0.2, 0) is 16.1 Å². The van der Waals surface area contributed by atoms with Crippen LogP contribution in [0.5, 0.6) is 6.01 Å². The van der Waals surface area contributed by atoms with Gasteiger partial charge in [0.1, 0.15) is 0 Å². The Balaban J connectivity index is 1.30. The molecule has 232 valence electrons. The molecule has 3 aromatic carbocycles. The van der Waals surface area contributed by atoms with Crippen LogP contribution >= 0.6 is 0 Å². The molecular weight excluding hydrogens is 586 g/mol. The number of aromatic carboxylic acids is 1. The first-order valence-electron chi connectivity index (χ1n) is 14.1. The van der Waals surface area contributed by atoms with Crippen LogP contribution in [0, 0.1) is 10.1 Å². The summed E-state index contributed by atoms with van der Waals surface area (Å²) in [5.74, 6) is -0.815. The van der Waals surface area contributed by atoms with E-state index in [-0.39, 0.29) is 24.6 Å². The van der Waals surface area contributed by atoms with Gasteiger partial charge in [0.25, 0.3) is 11.1 Å². The van der Waals surface area contributed by atoms with Crippen LogP contribution in [0.1, 0.15) is 42.1 Å². The highest BCUT2D eigenvalue weighted by Crippen LogP contribution is 2.31. The van der Waals surface area contributed by atoms with Gasteiger partial charge >= 0.3 is 12.1 Å². The number of unbranched alkanes of at least 4 members (excludes halogenated alkanes) is 2. The topological polar surface area (TPSA) is 187 Å². The van der Waals surface area contributed by atoms with Gasteiger partial charge in [-0.2, -0.15) is 4.98 Å². The fourth-order valence-electron chi connectivity index (χ4n) is 4.76. The smallest absolute Gasteiger partial charge is 0.453 e. The number of ether oxygens (including phenoxy) is 2. The maximum Gasteiger partial charge on any atom is 0.453 e. The van der Waals surface area contributed by atoms with E-state index in [1.807, 2.05) is 55.5 Å². The molecule has 0 atom stereocenters. The first-order chi connectivity index (χ1) is 21.9. The average Bonchev–Trinajstić information content (AvgIpc) is 3.66. The molecule has 0 aliphatic carbocycles. The number of aromatic nitrogens is 6. The van der Waals surface area contributed by atoms with Crippen molar-refractivity contribution in [1.29, 1.82) is 0 Å². The number of hydrogen-bond donors (Lipinski definition) is 1. The minimum Gasteiger partial charge on any atom is -0.478 e. The van der Waals surface area contributed by atoms with Crippen molar-refractivity contribution in [3.05, 3.63) is 88.0 Å². The number of rotatable bonds is 14. The summed E-state index contributed by atoms with van der Waals surface area (Å²) < 4.78 is 12.7. The monoisotopic (exact) mass is 615 g/mol. The van der Waals surface area contributed by atoms with E-state index < -0.39 is 17.1 Å². The van der Waals surface area contributed by atoms with E-state index in [0.29, 0.717) is 55.0 Å². The van der Waals surface area contributed by atoms with Gasteiger partial charge in [-0.1, -0.05) is 59.4 Å². The zero-order valence-electron chi connectivity index (χ0n) is 24.2. The molecule has 0 aliphatic heterocycles. The van der Waals surface area contributed by atoms with Crippen molar-refractivity contribution in [2.45, 2.75) is 32.7 Å². The third-order valence-corrected chi connectivity index (χ3v) is 6.80. The Bertz CT molecular complexity index is 1820.